The molecular weight excluding hydrogens is 189 g/mol. The van der Waals surface area contributed by atoms with Gasteiger partial charge in [0.05, 0.1) is 0 Å². The lowest BCUT2D eigenvalue weighted by molar-refractivity contribution is 0.410. The first-order valence-electron chi connectivity index (χ1n) is 5.68. The molecule has 0 saturated carbocycles. The normalized spacial score (nSPS) is 21.7. The Bertz CT molecular complexity index is 354. The lowest BCUT2D eigenvalue weighted by Gasteiger charge is -2.25. The number of aryl methyl sites for hydroxylation is 2. The predicted octanol–water partition coefficient (Wildman–Crippen LogP) is 3.26. The maximum absolute atomic E-state index is 13.3. The molecule has 1 nitrogen and oxygen atoms in total. The number of benzene rings is 1. The van der Waals surface area contributed by atoms with Crippen molar-refractivity contribution in [3.8, 4) is 0 Å². The van der Waals surface area contributed by atoms with Crippen LogP contribution in [-0.4, -0.2) is 6.54 Å². The van der Waals surface area contributed by atoms with Crippen LogP contribution >= 0.6 is 0 Å². The van der Waals surface area contributed by atoms with Gasteiger partial charge in [0.15, 0.2) is 0 Å². The third-order valence-corrected chi connectivity index (χ3v) is 3.23. The molecule has 0 aliphatic carbocycles. The maximum atomic E-state index is 13.3. The first kappa shape index (κ1) is 10.6. The second kappa shape index (κ2) is 4.31. The molecular formula is C13H18FN. The Kier molecular flexibility index (Phi) is 3.06. The van der Waals surface area contributed by atoms with Crippen molar-refractivity contribution in [3.05, 3.63) is 34.6 Å². The summed E-state index contributed by atoms with van der Waals surface area (Å²) in [5.74, 6) is -0.0907. The van der Waals surface area contributed by atoms with Crippen LogP contribution in [0, 0.1) is 19.7 Å². The van der Waals surface area contributed by atoms with Gasteiger partial charge in [0.2, 0.25) is 0 Å². The third-order valence-electron chi connectivity index (χ3n) is 3.23. The summed E-state index contributed by atoms with van der Waals surface area (Å²) < 4.78 is 13.3. The van der Waals surface area contributed by atoms with Gasteiger partial charge in [0, 0.05) is 6.04 Å². The predicted molar refractivity (Wildman–Crippen MR) is 60.5 cm³/mol. The van der Waals surface area contributed by atoms with Crippen LogP contribution in [0.25, 0.3) is 0 Å². The summed E-state index contributed by atoms with van der Waals surface area (Å²) in [6, 6.07) is 4.08. The Balaban J connectivity index is 2.30. The summed E-state index contributed by atoms with van der Waals surface area (Å²) in [6.07, 6.45) is 3.70. The molecule has 82 valence electrons. The largest absolute Gasteiger partial charge is 0.310 e. The Labute approximate surface area is 90.7 Å². The van der Waals surface area contributed by atoms with E-state index >= 15 is 0 Å². The minimum atomic E-state index is -0.0907. The molecule has 0 amide bonds. The molecule has 1 saturated heterocycles. The number of nitrogens with one attached hydrogen (secondary N) is 1. The molecule has 1 N–H and O–H groups in total. The molecule has 15 heavy (non-hydrogen) atoms. The SMILES string of the molecule is Cc1cc(C2CCCCN2)c(C)cc1F. The molecule has 1 unspecified atom stereocenters. The highest BCUT2D eigenvalue weighted by Gasteiger charge is 2.17. The van der Waals surface area contributed by atoms with Gasteiger partial charge in [-0.2, -0.15) is 0 Å². The second-order valence-corrected chi connectivity index (χ2v) is 4.46. The average molecular weight is 207 g/mol. The van der Waals surface area contributed by atoms with Crippen molar-refractivity contribution < 1.29 is 4.39 Å². The van der Waals surface area contributed by atoms with Crippen molar-refractivity contribution in [3.63, 3.8) is 0 Å². The summed E-state index contributed by atoms with van der Waals surface area (Å²) in [6.45, 7) is 4.91. The van der Waals surface area contributed by atoms with Gasteiger partial charge in [-0.05, 0) is 56.0 Å². The molecule has 1 heterocycles. The van der Waals surface area contributed by atoms with E-state index in [1.807, 2.05) is 19.9 Å². The number of piperidine rings is 1. The van der Waals surface area contributed by atoms with Crippen molar-refractivity contribution in [2.75, 3.05) is 6.54 Å². The second-order valence-electron chi connectivity index (χ2n) is 4.46. The van der Waals surface area contributed by atoms with Gasteiger partial charge in [-0.25, -0.2) is 4.39 Å². The van der Waals surface area contributed by atoms with Crippen molar-refractivity contribution in [1.82, 2.24) is 5.32 Å². The van der Waals surface area contributed by atoms with E-state index in [-0.39, 0.29) is 5.82 Å². The number of halogens is 1. The highest BCUT2D eigenvalue weighted by Crippen LogP contribution is 2.27. The van der Waals surface area contributed by atoms with Crippen LogP contribution in [0.4, 0.5) is 4.39 Å². The van der Waals surface area contributed by atoms with E-state index in [0.717, 1.165) is 17.7 Å². The monoisotopic (exact) mass is 207 g/mol. The first-order valence-corrected chi connectivity index (χ1v) is 5.68. The Morgan fingerprint density at radius 1 is 1.20 bits per heavy atom. The van der Waals surface area contributed by atoms with Gasteiger partial charge in [0.1, 0.15) is 5.82 Å². The van der Waals surface area contributed by atoms with Gasteiger partial charge >= 0.3 is 0 Å². The molecule has 0 radical (unpaired) electrons. The molecule has 2 heteroatoms. The molecule has 1 aromatic carbocycles. The smallest absolute Gasteiger partial charge is 0.126 e. The molecule has 1 aliphatic heterocycles. The molecule has 0 aromatic heterocycles. The summed E-state index contributed by atoms with van der Waals surface area (Å²) in [5.41, 5.74) is 3.09. The van der Waals surface area contributed by atoms with Crippen molar-refractivity contribution in [2.45, 2.75) is 39.2 Å². The molecule has 0 bridgehead atoms. The number of hydrogen-bond acceptors (Lipinski definition) is 1. The van der Waals surface area contributed by atoms with Crippen LogP contribution in [0.3, 0.4) is 0 Å². The first-order chi connectivity index (χ1) is 7.18. The highest BCUT2D eigenvalue weighted by atomic mass is 19.1. The summed E-state index contributed by atoms with van der Waals surface area (Å²) in [4.78, 5) is 0. The van der Waals surface area contributed by atoms with Crippen LogP contribution in [0.1, 0.15) is 42.0 Å². The maximum Gasteiger partial charge on any atom is 0.126 e. The lowest BCUT2D eigenvalue weighted by atomic mass is 9.93. The minimum Gasteiger partial charge on any atom is -0.310 e. The van der Waals surface area contributed by atoms with Gasteiger partial charge in [-0.3, -0.25) is 0 Å². The lowest BCUT2D eigenvalue weighted by Crippen LogP contribution is -2.27. The minimum absolute atomic E-state index is 0.0907. The molecule has 1 aromatic rings. The fraction of sp³-hybridized carbons (Fsp3) is 0.538. The van der Waals surface area contributed by atoms with Gasteiger partial charge < -0.3 is 5.32 Å². The van der Waals surface area contributed by atoms with Crippen molar-refractivity contribution in [2.24, 2.45) is 0 Å². The van der Waals surface area contributed by atoms with Crippen LogP contribution in [0.5, 0.6) is 0 Å². The molecule has 1 aliphatic rings. The number of rotatable bonds is 1. The van der Waals surface area contributed by atoms with E-state index in [1.54, 1.807) is 6.07 Å². The quantitative estimate of drug-likeness (QED) is 0.745. The highest BCUT2D eigenvalue weighted by molar-refractivity contribution is 5.34. The van der Waals surface area contributed by atoms with E-state index < -0.39 is 0 Å². The Hall–Kier alpha value is -0.890. The van der Waals surface area contributed by atoms with Gasteiger partial charge in [0.25, 0.3) is 0 Å². The summed E-state index contributed by atoms with van der Waals surface area (Å²) in [5, 5.41) is 3.50. The summed E-state index contributed by atoms with van der Waals surface area (Å²) >= 11 is 0. The van der Waals surface area contributed by atoms with Crippen molar-refractivity contribution in [1.29, 1.82) is 0 Å². The van der Waals surface area contributed by atoms with E-state index in [2.05, 4.69) is 5.32 Å². The zero-order valence-corrected chi connectivity index (χ0v) is 9.44. The molecule has 1 atom stereocenters. The van der Waals surface area contributed by atoms with Crippen LogP contribution in [-0.2, 0) is 0 Å². The topological polar surface area (TPSA) is 12.0 Å². The van der Waals surface area contributed by atoms with Gasteiger partial charge in [-0.15, -0.1) is 0 Å². The van der Waals surface area contributed by atoms with E-state index in [0.29, 0.717) is 6.04 Å². The van der Waals surface area contributed by atoms with Gasteiger partial charge in [-0.1, -0.05) is 12.5 Å². The Morgan fingerprint density at radius 2 is 2.00 bits per heavy atom. The van der Waals surface area contributed by atoms with E-state index in [1.165, 1.54) is 24.8 Å². The molecule has 0 spiro atoms. The molecule has 1 fully saturated rings. The number of hydrogen-bond donors (Lipinski definition) is 1. The molecule has 2 rings (SSSR count). The standard InChI is InChI=1S/C13H18FN/c1-9-8-12(14)10(2)7-11(9)13-5-3-4-6-15-13/h7-8,13,15H,3-6H2,1-2H3. The van der Waals surface area contributed by atoms with E-state index in [9.17, 15) is 4.39 Å². The van der Waals surface area contributed by atoms with E-state index in [4.69, 9.17) is 0 Å². The fourth-order valence-electron chi connectivity index (χ4n) is 2.30. The summed E-state index contributed by atoms with van der Waals surface area (Å²) in [7, 11) is 0. The fourth-order valence-corrected chi connectivity index (χ4v) is 2.30. The van der Waals surface area contributed by atoms with Crippen LogP contribution in [0.2, 0.25) is 0 Å². The zero-order valence-electron chi connectivity index (χ0n) is 9.44. The van der Waals surface area contributed by atoms with Crippen LogP contribution in [0.15, 0.2) is 12.1 Å². The zero-order chi connectivity index (χ0) is 10.8. The van der Waals surface area contributed by atoms with Crippen LogP contribution < -0.4 is 5.32 Å². The average Bonchev–Trinajstić information content (AvgIpc) is 2.25. The Morgan fingerprint density at radius 3 is 2.67 bits per heavy atom. The third kappa shape index (κ3) is 2.20. The van der Waals surface area contributed by atoms with Crippen molar-refractivity contribution >= 4 is 0 Å².